The van der Waals surface area contributed by atoms with E-state index in [4.69, 9.17) is 0 Å². The first-order valence-electron chi connectivity index (χ1n) is 4.43. The van der Waals surface area contributed by atoms with Crippen molar-refractivity contribution in [1.29, 1.82) is 0 Å². The van der Waals surface area contributed by atoms with Gasteiger partial charge in [0.05, 0.1) is 7.18 Å². The Kier molecular flexibility index (Phi) is 5.28. The summed E-state index contributed by atoms with van der Waals surface area (Å²) in [5.74, 6) is 0.536. The van der Waals surface area contributed by atoms with E-state index in [1.165, 1.54) is 11.3 Å². The summed E-state index contributed by atoms with van der Waals surface area (Å²) in [5, 5.41) is 0. The van der Waals surface area contributed by atoms with E-state index in [0.29, 0.717) is 13.1 Å². The van der Waals surface area contributed by atoms with Gasteiger partial charge in [0.2, 0.25) is 0 Å². The molecule has 74 valence electrons. The van der Waals surface area contributed by atoms with Crippen LogP contribution in [0.25, 0.3) is 0 Å². The summed E-state index contributed by atoms with van der Waals surface area (Å²) in [6.07, 6.45) is 0. The topological polar surface area (TPSA) is 12.9 Å². The van der Waals surface area contributed by atoms with Gasteiger partial charge >= 0.3 is 0 Å². The highest BCUT2D eigenvalue weighted by atomic mass is 19.1. The Morgan fingerprint density at radius 2 is 1.69 bits per heavy atom. The number of pyridine rings is 1. The van der Waals surface area contributed by atoms with Crippen LogP contribution in [0.3, 0.4) is 0 Å². The molecule has 0 unspecified atom stereocenters. The van der Waals surface area contributed by atoms with Crippen molar-refractivity contribution in [3.05, 3.63) is 29.1 Å². The van der Waals surface area contributed by atoms with Gasteiger partial charge in [-0.05, 0) is 31.4 Å². The maximum absolute atomic E-state index is 9.50. The van der Waals surface area contributed by atoms with Gasteiger partial charge in [-0.15, -0.1) is 0 Å². The van der Waals surface area contributed by atoms with Crippen LogP contribution in [0.4, 0.5) is 4.39 Å². The average Bonchev–Trinajstić information content (AvgIpc) is 2.13. The molecule has 0 spiro atoms. The Balaban J connectivity index is 0.000000671. The SMILES string of the molecule is CF.Cc1ccc(C(C)C)nc1C. The summed E-state index contributed by atoms with van der Waals surface area (Å²) in [6.45, 7) is 8.47. The van der Waals surface area contributed by atoms with E-state index in [9.17, 15) is 4.39 Å². The molecule has 0 fully saturated rings. The van der Waals surface area contributed by atoms with Crippen molar-refractivity contribution in [2.45, 2.75) is 33.6 Å². The van der Waals surface area contributed by atoms with Crippen molar-refractivity contribution in [1.82, 2.24) is 4.98 Å². The van der Waals surface area contributed by atoms with Crippen LogP contribution in [0.1, 0.15) is 36.7 Å². The van der Waals surface area contributed by atoms with Crippen molar-refractivity contribution >= 4 is 0 Å². The van der Waals surface area contributed by atoms with Crippen molar-refractivity contribution < 1.29 is 4.39 Å². The number of aryl methyl sites for hydroxylation is 2. The van der Waals surface area contributed by atoms with Crippen LogP contribution in [-0.2, 0) is 0 Å². The molecule has 0 aliphatic carbocycles. The lowest BCUT2D eigenvalue weighted by Gasteiger charge is -2.06. The predicted molar refractivity (Wildman–Crippen MR) is 54.8 cm³/mol. The number of aromatic nitrogens is 1. The number of halogens is 1. The van der Waals surface area contributed by atoms with E-state index in [0.717, 1.165) is 5.69 Å². The van der Waals surface area contributed by atoms with E-state index in [-0.39, 0.29) is 0 Å². The number of hydrogen-bond acceptors (Lipinski definition) is 1. The highest BCUT2D eigenvalue weighted by Crippen LogP contribution is 2.13. The molecule has 0 aliphatic heterocycles. The molecule has 0 N–H and O–H groups in total. The lowest BCUT2D eigenvalue weighted by atomic mass is 10.1. The van der Waals surface area contributed by atoms with Gasteiger partial charge in [-0.3, -0.25) is 9.37 Å². The summed E-state index contributed by atoms with van der Waals surface area (Å²) < 4.78 is 9.50. The van der Waals surface area contributed by atoms with Crippen LogP contribution in [0, 0.1) is 13.8 Å². The molecule has 0 aromatic carbocycles. The zero-order valence-corrected chi connectivity index (χ0v) is 9.06. The number of nitrogens with zero attached hydrogens (tertiary/aromatic N) is 1. The normalized spacial score (nSPS) is 9.46. The Morgan fingerprint density at radius 3 is 2.08 bits per heavy atom. The predicted octanol–water partition coefficient (Wildman–Crippen LogP) is 3.41. The third-order valence-electron chi connectivity index (χ3n) is 1.96. The molecular formula is C11H18FN. The molecule has 1 aromatic heterocycles. The van der Waals surface area contributed by atoms with Gasteiger partial charge in [0.15, 0.2) is 0 Å². The summed E-state index contributed by atoms with van der Waals surface area (Å²) in [4.78, 5) is 4.47. The van der Waals surface area contributed by atoms with E-state index >= 15 is 0 Å². The van der Waals surface area contributed by atoms with Crippen LogP contribution in [-0.4, -0.2) is 12.2 Å². The van der Waals surface area contributed by atoms with E-state index < -0.39 is 0 Å². The monoisotopic (exact) mass is 183 g/mol. The first-order valence-corrected chi connectivity index (χ1v) is 4.43. The molecule has 0 aliphatic rings. The van der Waals surface area contributed by atoms with Crippen LogP contribution in [0.5, 0.6) is 0 Å². The van der Waals surface area contributed by atoms with Crippen molar-refractivity contribution in [2.75, 3.05) is 7.18 Å². The van der Waals surface area contributed by atoms with Crippen molar-refractivity contribution in [3.8, 4) is 0 Å². The van der Waals surface area contributed by atoms with E-state index in [1.54, 1.807) is 0 Å². The second-order valence-electron chi connectivity index (χ2n) is 3.29. The molecule has 0 amide bonds. The maximum Gasteiger partial charge on any atom is 0.0785 e. The van der Waals surface area contributed by atoms with Crippen LogP contribution in [0.15, 0.2) is 12.1 Å². The highest BCUT2D eigenvalue weighted by molar-refractivity contribution is 5.21. The van der Waals surface area contributed by atoms with E-state index in [2.05, 4.69) is 44.8 Å². The molecule has 0 radical (unpaired) electrons. The lowest BCUT2D eigenvalue weighted by molar-refractivity contribution is 0.636. The van der Waals surface area contributed by atoms with Crippen LogP contribution in [0.2, 0.25) is 0 Å². The number of rotatable bonds is 1. The van der Waals surface area contributed by atoms with Crippen molar-refractivity contribution in [2.24, 2.45) is 0 Å². The largest absolute Gasteiger partial charge is 0.258 e. The Bertz CT molecular complexity index is 256. The molecule has 0 saturated carbocycles. The molecule has 1 aromatic rings. The second-order valence-corrected chi connectivity index (χ2v) is 3.29. The number of hydrogen-bond donors (Lipinski definition) is 0. The lowest BCUT2D eigenvalue weighted by Crippen LogP contribution is -1.95. The number of alkyl halides is 1. The first-order chi connectivity index (χ1) is 6.11. The zero-order chi connectivity index (χ0) is 10.4. The van der Waals surface area contributed by atoms with Gasteiger partial charge in [-0.2, -0.15) is 0 Å². The van der Waals surface area contributed by atoms with Gasteiger partial charge in [0, 0.05) is 11.4 Å². The third kappa shape index (κ3) is 3.53. The van der Waals surface area contributed by atoms with Crippen LogP contribution < -0.4 is 0 Å². The van der Waals surface area contributed by atoms with E-state index in [1.807, 2.05) is 0 Å². The zero-order valence-electron chi connectivity index (χ0n) is 9.06. The third-order valence-corrected chi connectivity index (χ3v) is 1.96. The molecule has 2 heteroatoms. The summed E-state index contributed by atoms with van der Waals surface area (Å²) >= 11 is 0. The molecule has 0 atom stereocenters. The van der Waals surface area contributed by atoms with Gasteiger partial charge in [-0.1, -0.05) is 19.9 Å². The molecule has 1 rings (SSSR count). The molecular weight excluding hydrogens is 165 g/mol. The van der Waals surface area contributed by atoms with Crippen LogP contribution >= 0.6 is 0 Å². The molecule has 13 heavy (non-hydrogen) atoms. The summed E-state index contributed by atoms with van der Waals surface area (Å²) in [5.41, 5.74) is 3.61. The van der Waals surface area contributed by atoms with Gasteiger partial charge in [-0.25, -0.2) is 0 Å². The fraction of sp³-hybridized carbons (Fsp3) is 0.545. The molecule has 0 bridgehead atoms. The Morgan fingerprint density at radius 1 is 1.15 bits per heavy atom. The minimum atomic E-state index is 0.500. The highest BCUT2D eigenvalue weighted by Gasteiger charge is 2.00. The standard InChI is InChI=1S/C10H15N.CH3F/c1-7(2)10-6-5-8(3)9(4)11-10;1-2/h5-7H,1-4H3;1H3. The molecule has 1 heterocycles. The fourth-order valence-electron chi connectivity index (χ4n) is 0.972. The van der Waals surface area contributed by atoms with Gasteiger partial charge in [0.25, 0.3) is 0 Å². The first kappa shape index (κ1) is 12.1. The molecule has 1 nitrogen and oxygen atoms in total. The summed E-state index contributed by atoms with van der Waals surface area (Å²) in [6, 6.07) is 4.24. The van der Waals surface area contributed by atoms with Gasteiger partial charge in [0.1, 0.15) is 0 Å². The smallest absolute Gasteiger partial charge is 0.0785 e. The maximum atomic E-state index is 9.50. The molecule has 0 saturated heterocycles. The average molecular weight is 183 g/mol. The minimum Gasteiger partial charge on any atom is -0.258 e. The second kappa shape index (κ2) is 5.68. The Labute approximate surface area is 80.0 Å². The summed E-state index contributed by atoms with van der Waals surface area (Å²) in [7, 11) is 0.500. The fourth-order valence-corrected chi connectivity index (χ4v) is 0.972. The minimum absolute atomic E-state index is 0.500. The quantitative estimate of drug-likeness (QED) is 0.650. The van der Waals surface area contributed by atoms with Gasteiger partial charge < -0.3 is 0 Å². The van der Waals surface area contributed by atoms with Crippen molar-refractivity contribution in [3.63, 3.8) is 0 Å². The Hall–Kier alpha value is -0.920.